The highest BCUT2D eigenvalue weighted by molar-refractivity contribution is 5.88. The average molecular weight is 204 g/mol. The van der Waals surface area contributed by atoms with Crippen LogP contribution in [0.1, 0.15) is 16.1 Å². The van der Waals surface area contributed by atoms with Gasteiger partial charge in [0.2, 0.25) is 5.89 Å². The number of aromatic carboxylic acids is 1. The molecule has 76 valence electrons. The summed E-state index contributed by atoms with van der Waals surface area (Å²) in [7, 11) is 0. The van der Waals surface area contributed by atoms with Gasteiger partial charge in [-0.1, -0.05) is 0 Å². The lowest BCUT2D eigenvalue weighted by Crippen LogP contribution is -1.99. The summed E-state index contributed by atoms with van der Waals surface area (Å²) >= 11 is 0. The Labute approximate surface area is 85.4 Å². The van der Waals surface area contributed by atoms with E-state index in [0.717, 1.165) is 0 Å². The Balaban J connectivity index is 2.54. The summed E-state index contributed by atoms with van der Waals surface area (Å²) in [6.45, 7) is 1.72. The first-order chi connectivity index (χ1) is 7.16. The summed E-state index contributed by atoms with van der Waals surface area (Å²) in [6, 6.07) is 2.93. The first-order valence-corrected chi connectivity index (χ1v) is 4.28. The maximum Gasteiger partial charge on any atom is 0.335 e. The van der Waals surface area contributed by atoms with E-state index in [9.17, 15) is 4.79 Å². The van der Waals surface area contributed by atoms with E-state index in [-0.39, 0.29) is 5.56 Å². The van der Waals surface area contributed by atoms with Crippen molar-refractivity contribution in [2.75, 3.05) is 0 Å². The minimum absolute atomic E-state index is 0.177. The average Bonchev–Trinajstić information content (AvgIpc) is 2.69. The van der Waals surface area contributed by atoms with E-state index in [2.05, 4.69) is 9.97 Å². The Hall–Kier alpha value is -2.17. The molecule has 0 radical (unpaired) electrons. The number of nitrogens with zero attached hydrogens (tertiary/aromatic N) is 2. The molecule has 0 amide bonds. The number of pyridine rings is 1. The second kappa shape index (κ2) is 3.53. The summed E-state index contributed by atoms with van der Waals surface area (Å²) in [5.74, 6) is -0.672. The fourth-order valence-electron chi connectivity index (χ4n) is 1.25. The molecule has 0 aliphatic carbocycles. The predicted molar refractivity (Wildman–Crippen MR) is 51.4 cm³/mol. The van der Waals surface area contributed by atoms with Crippen LogP contribution in [0.15, 0.2) is 29.0 Å². The Kier molecular flexibility index (Phi) is 2.21. The van der Waals surface area contributed by atoms with E-state index in [1.165, 1.54) is 24.6 Å². The second-order valence-corrected chi connectivity index (χ2v) is 3.02. The Morgan fingerprint density at radius 3 is 2.87 bits per heavy atom. The van der Waals surface area contributed by atoms with Crippen LogP contribution in [0.25, 0.3) is 11.6 Å². The van der Waals surface area contributed by atoms with Crippen LogP contribution in [0.5, 0.6) is 0 Å². The summed E-state index contributed by atoms with van der Waals surface area (Å²) in [5, 5.41) is 8.85. The molecule has 2 heterocycles. The van der Waals surface area contributed by atoms with Gasteiger partial charge >= 0.3 is 5.97 Å². The minimum atomic E-state index is -0.992. The highest BCUT2D eigenvalue weighted by Crippen LogP contribution is 2.16. The van der Waals surface area contributed by atoms with E-state index >= 15 is 0 Å². The van der Waals surface area contributed by atoms with E-state index in [1.807, 2.05) is 0 Å². The van der Waals surface area contributed by atoms with E-state index in [1.54, 1.807) is 6.92 Å². The number of hydrogen-bond acceptors (Lipinski definition) is 4. The highest BCUT2D eigenvalue weighted by Gasteiger charge is 2.10. The third-order valence-electron chi connectivity index (χ3n) is 1.85. The van der Waals surface area contributed by atoms with Crippen molar-refractivity contribution < 1.29 is 14.3 Å². The number of carboxylic acids is 1. The number of aromatic nitrogens is 2. The first kappa shape index (κ1) is 9.39. The van der Waals surface area contributed by atoms with Gasteiger partial charge < -0.3 is 9.52 Å². The highest BCUT2D eigenvalue weighted by atomic mass is 16.4. The van der Waals surface area contributed by atoms with Crippen LogP contribution in [0.2, 0.25) is 0 Å². The third kappa shape index (κ3) is 1.85. The lowest BCUT2D eigenvalue weighted by molar-refractivity contribution is 0.0696. The summed E-state index contributed by atoms with van der Waals surface area (Å²) in [4.78, 5) is 18.8. The monoisotopic (exact) mass is 204 g/mol. The van der Waals surface area contributed by atoms with Gasteiger partial charge in [0.25, 0.3) is 0 Å². The van der Waals surface area contributed by atoms with Crippen molar-refractivity contribution in [1.29, 1.82) is 0 Å². The second-order valence-electron chi connectivity index (χ2n) is 3.02. The molecule has 0 saturated carbocycles. The van der Waals surface area contributed by atoms with Gasteiger partial charge in [-0.15, -0.1) is 0 Å². The Morgan fingerprint density at radius 2 is 2.27 bits per heavy atom. The Morgan fingerprint density at radius 1 is 1.47 bits per heavy atom. The van der Waals surface area contributed by atoms with Crippen LogP contribution in [0.3, 0.4) is 0 Å². The van der Waals surface area contributed by atoms with E-state index in [4.69, 9.17) is 9.52 Å². The molecule has 0 aliphatic heterocycles. The third-order valence-corrected chi connectivity index (χ3v) is 1.85. The molecule has 5 nitrogen and oxygen atoms in total. The molecule has 5 heteroatoms. The minimum Gasteiger partial charge on any atom is -0.478 e. The van der Waals surface area contributed by atoms with Crippen molar-refractivity contribution >= 4 is 5.97 Å². The van der Waals surface area contributed by atoms with Crippen LogP contribution in [0, 0.1) is 6.92 Å². The number of aryl methyl sites for hydroxylation is 1. The fourth-order valence-corrected chi connectivity index (χ4v) is 1.25. The van der Waals surface area contributed by atoms with Gasteiger partial charge in [-0.05, 0) is 19.1 Å². The van der Waals surface area contributed by atoms with Gasteiger partial charge in [0.15, 0.2) is 0 Å². The number of carbonyl (C=O) groups is 1. The van der Waals surface area contributed by atoms with Gasteiger partial charge in [-0.2, -0.15) is 0 Å². The number of rotatable bonds is 2. The van der Waals surface area contributed by atoms with Crippen LogP contribution >= 0.6 is 0 Å². The zero-order valence-corrected chi connectivity index (χ0v) is 7.97. The van der Waals surface area contributed by atoms with Crippen molar-refractivity contribution in [1.82, 2.24) is 9.97 Å². The van der Waals surface area contributed by atoms with Gasteiger partial charge in [-0.3, -0.25) is 0 Å². The topological polar surface area (TPSA) is 76.2 Å². The van der Waals surface area contributed by atoms with Crippen molar-refractivity contribution in [3.8, 4) is 11.6 Å². The summed E-state index contributed by atoms with van der Waals surface area (Å²) in [6.07, 6.45) is 2.90. The van der Waals surface area contributed by atoms with Crippen LogP contribution in [-0.2, 0) is 0 Å². The zero-order valence-electron chi connectivity index (χ0n) is 7.97. The molecule has 0 aromatic carbocycles. The van der Waals surface area contributed by atoms with E-state index < -0.39 is 5.97 Å². The molecule has 15 heavy (non-hydrogen) atoms. The number of oxazole rings is 1. The lowest BCUT2D eigenvalue weighted by atomic mass is 10.2. The van der Waals surface area contributed by atoms with Crippen molar-refractivity contribution in [3.63, 3.8) is 0 Å². The molecule has 0 aliphatic rings. The molecule has 1 N–H and O–H groups in total. The standard InChI is InChI=1S/C10H8N2O3/c1-6-4-7(10(13)14)5-8(12-6)9-11-2-3-15-9/h2-5H,1H3,(H,13,14). The molecular weight excluding hydrogens is 196 g/mol. The van der Waals surface area contributed by atoms with Gasteiger partial charge in [0, 0.05) is 5.69 Å². The molecule has 0 atom stereocenters. The molecular formula is C10H8N2O3. The van der Waals surface area contributed by atoms with Gasteiger partial charge in [-0.25, -0.2) is 14.8 Å². The summed E-state index contributed by atoms with van der Waals surface area (Å²) < 4.78 is 5.04. The maximum absolute atomic E-state index is 10.8. The van der Waals surface area contributed by atoms with Gasteiger partial charge in [0.05, 0.1) is 11.8 Å². The normalized spacial score (nSPS) is 10.2. The molecule has 2 rings (SSSR count). The first-order valence-electron chi connectivity index (χ1n) is 4.28. The Bertz CT molecular complexity index is 491. The quantitative estimate of drug-likeness (QED) is 0.806. The van der Waals surface area contributed by atoms with Crippen LogP contribution < -0.4 is 0 Å². The SMILES string of the molecule is Cc1cc(C(=O)O)cc(-c2ncco2)n1. The van der Waals surface area contributed by atoms with Crippen molar-refractivity contribution in [2.24, 2.45) is 0 Å². The van der Waals surface area contributed by atoms with Crippen LogP contribution in [-0.4, -0.2) is 21.0 Å². The largest absolute Gasteiger partial charge is 0.478 e. The lowest BCUT2D eigenvalue weighted by Gasteiger charge is -2.00. The zero-order chi connectivity index (χ0) is 10.8. The maximum atomic E-state index is 10.8. The molecule has 2 aromatic heterocycles. The smallest absolute Gasteiger partial charge is 0.335 e. The molecule has 0 spiro atoms. The van der Waals surface area contributed by atoms with Crippen LogP contribution in [0.4, 0.5) is 0 Å². The fraction of sp³-hybridized carbons (Fsp3) is 0.100. The number of hydrogen-bond donors (Lipinski definition) is 1. The van der Waals surface area contributed by atoms with Crippen molar-refractivity contribution in [3.05, 3.63) is 35.9 Å². The summed E-state index contributed by atoms with van der Waals surface area (Å²) in [5.41, 5.74) is 1.22. The molecule has 0 bridgehead atoms. The molecule has 0 unspecified atom stereocenters. The van der Waals surface area contributed by atoms with Crippen molar-refractivity contribution in [2.45, 2.75) is 6.92 Å². The number of carboxylic acid groups (broad SMARTS) is 1. The van der Waals surface area contributed by atoms with Gasteiger partial charge in [0.1, 0.15) is 12.0 Å². The predicted octanol–water partition coefficient (Wildman–Crippen LogP) is 1.74. The molecule has 2 aromatic rings. The molecule has 0 saturated heterocycles. The van der Waals surface area contributed by atoms with E-state index in [0.29, 0.717) is 17.3 Å². The molecule has 0 fully saturated rings.